The Labute approximate surface area is 136 Å². The largest absolute Gasteiger partial charge is 0.472 e. The lowest BCUT2D eigenvalue weighted by Crippen LogP contribution is -2.36. The van der Waals surface area contributed by atoms with E-state index in [1.54, 1.807) is 0 Å². The van der Waals surface area contributed by atoms with Crippen LogP contribution >= 0.6 is 0 Å². The summed E-state index contributed by atoms with van der Waals surface area (Å²) in [7, 11) is 0. The van der Waals surface area contributed by atoms with E-state index in [0.29, 0.717) is 12.4 Å². The molecule has 0 aromatic carbocycles. The Hall–Kier alpha value is -1.89. The van der Waals surface area contributed by atoms with Crippen LogP contribution in [0, 0.1) is 5.92 Å². The van der Waals surface area contributed by atoms with E-state index in [2.05, 4.69) is 14.9 Å². The third kappa shape index (κ3) is 3.90. The number of anilines is 1. The fraction of sp³-hybridized carbons (Fsp3) is 0.688. The van der Waals surface area contributed by atoms with Crippen molar-refractivity contribution in [2.24, 2.45) is 5.92 Å². The molecule has 7 heteroatoms. The van der Waals surface area contributed by atoms with Crippen molar-refractivity contribution >= 4 is 11.7 Å². The predicted octanol–water partition coefficient (Wildman–Crippen LogP) is 0.949. The number of hydrogen-bond acceptors (Lipinski definition) is 6. The van der Waals surface area contributed by atoms with Gasteiger partial charge in [0.1, 0.15) is 18.2 Å². The minimum Gasteiger partial charge on any atom is -0.472 e. The molecule has 1 unspecified atom stereocenters. The average Bonchev–Trinajstić information content (AvgIpc) is 3.03. The van der Waals surface area contributed by atoms with Crippen molar-refractivity contribution in [3.8, 4) is 5.88 Å². The van der Waals surface area contributed by atoms with E-state index in [9.17, 15) is 4.79 Å². The Bertz CT molecular complexity index is 546. The van der Waals surface area contributed by atoms with Crippen molar-refractivity contribution in [3.63, 3.8) is 0 Å². The van der Waals surface area contributed by atoms with Gasteiger partial charge in [-0.1, -0.05) is 13.8 Å². The van der Waals surface area contributed by atoms with E-state index >= 15 is 0 Å². The summed E-state index contributed by atoms with van der Waals surface area (Å²) in [5.74, 6) is 1.66. The summed E-state index contributed by atoms with van der Waals surface area (Å²) in [5.41, 5.74) is 0. The van der Waals surface area contributed by atoms with Crippen LogP contribution in [-0.2, 0) is 9.53 Å². The summed E-state index contributed by atoms with van der Waals surface area (Å²) in [4.78, 5) is 24.6. The molecule has 0 N–H and O–H groups in total. The van der Waals surface area contributed by atoms with Crippen LogP contribution in [0.3, 0.4) is 0 Å². The van der Waals surface area contributed by atoms with Gasteiger partial charge < -0.3 is 19.3 Å². The minimum absolute atomic E-state index is 0.00476. The summed E-state index contributed by atoms with van der Waals surface area (Å²) in [6, 6.07) is 1.87. The number of nitrogens with zero attached hydrogens (tertiary/aromatic N) is 4. The van der Waals surface area contributed by atoms with Crippen LogP contribution in [0.2, 0.25) is 0 Å². The van der Waals surface area contributed by atoms with Crippen LogP contribution in [0.5, 0.6) is 5.88 Å². The highest BCUT2D eigenvalue weighted by Gasteiger charge is 2.29. The topological polar surface area (TPSA) is 67.8 Å². The Balaban J connectivity index is 1.59. The van der Waals surface area contributed by atoms with Crippen LogP contribution in [0.4, 0.5) is 5.82 Å². The first-order valence-corrected chi connectivity index (χ1v) is 8.23. The maximum atomic E-state index is 12.0. The van der Waals surface area contributed by atoms with Crippen molar-refractivity contribution in [3.05, 3.63) is 12.4 Å². The molecule has 3 heterocycles. The summed E-state index contributed by atoms with van der Waals surface area (Å²) < 4.78 is 11.3. The number of carbonyl (C=O) groups excluding carboxylic acids is 1. The summed E-state index contributed by atoms with van der Waals surface area (Å²) >= 11 is 0. The van der Waals surface area contributed by atoms with E-state index in [1.807, 2.05) is 24.8 Å². The monoisotopic (exact) mass is 320 g/mol. The molecule has 2 fully saturated rings. The molecule has 2 aliphatic rings. The number of ether oxygens (including phenoxy) is 2. The highest BCUT2D eigenvalue weighted by molar-refractivity contribution is 5.78. The second kappa shape index (κ2) is 7.12. The fourth-order valence-corrected chi connectivity index (χ4v) is 2.92. The van der Waals surface area contributed by atoms with Gasteiger partial charge in [0.05, 0.1) is 19.8 Å². The molecule has 23 heavy (non-hydrogen) atoms. The normalized spacial score (nSPS) is 21.8. The fourth-order valence-electron chi connectivity index (χ4n) is 2.92. The van der Waals surface area contributed by atoms with Gasteiger partial charge >= 0.3 is 0 Å². The second-order valence-corrected chi connectivity index (χ2v) is 6.28. The maximum absolute atomic E-state index is 12.0. The van der Waals surface area contributed by atoms with E-state index < -0.39 is 0 Å². The van der Waals surface area contributed by atoms with Gasteiger partial charge in [0.15, 0.2) is 0 Å². The van der Waals surface area contributed by atoms with Crippen molar-refractivity contribution in [2.45, 2.75) is 26.4 Å². The Morgan fingerprint density at radius 1 is 1.30 bits per heavy atom. The van der Waals surface area contributed by atoms with Gasteiger partial charge in [-0.15, -0.1) is 0 Å². The van der Waals surface area contributed by atoms with Crippen LogP contribution < -0.4 is 9.64 Å². The molecule has 1 aromatic rings. The molecule has 1 amide bonds. The Kier molecular flexibility index (Phi) is 4.95. The molecule has 0 saturated carbocycles. The van der Waals surface area contributed by atoms with Crippen LogP contribution in [0.15, 0.2) is 12.4 Å². The quantitative estimate of drug-likeness (QED) is 0.823. The first-order chi connectivity index (χ1) is 11.1. The lowest BCUT2D eigenvalue weighted by molar-refractivity contribution is -0.133. The van der Waals surface area contributed by atoms with E-state index in [0.717, 1.165) is 45.1 Å². The highest BCUT2D eigenvalue weighted by atomic mass is 16.5. The second-order valence-electron chi connectivity index (χ2n) is 6.28. The van der Waals surface area contributed by atoms with Crippen molar-refractivity contribution in [1.29, 1.82) is 0 Å². The zero-order valence-electron chi connectivity index (χ0n) is 13.8. The van der Waals surface area contributed by atoms with E-state index in [-0.39, 0.29) is 17.9 Å². The van der Waals surface area contributed by atoms with Gasteiger partial charge in [0.2, 0.25) is 11.8 Å². The van der Waals surface area contributed by atoms with Crippen molar-refractivity contribution in [1.82, 2.24) is 14.9 Å². The molecular weight excluding hydrogens is 296 g/mol. The van der Waals surface area contributed by atoms with E-state index in [1.165, 1.54) is 6.33 Å². The van der Waals surface area contributed by atoms with Gasteiger partial charge in [-0.2, -0.15) is 0 Å². The number of likely N-dealkylation sites (tertiary alicyclic amines) is 1. The summed E-state index contributed by atoms with van der Waals surface area (Å²) in [6.07, 6.45) is 2.38. The first kappa shape index (κ1) is 16.0. The van der Waals surface area contributed by atoms with Crippen LogP contribution in [0.1, 0.15) is 20.3 Å². The minimum atomic E-state index is 0.00476. The molecule has 0 aliphatic carbocycles. The van der Waals surface area contributed by atoms with Crippen LogP contribution in [-0.4, -0.2) is 66.3 Å². The third-order valence-corrected chi connectivity index (χ3v) is 4.20. The van der Waals surface area contributed by atoms with Crippen molar-refractivity contribution in [2.75, 3.05) is 44.3 Å². The molecule has 1 aromatic heterocycles. The molecule has 0 radical (unpaired) electrons. The number of amides is 1. The van der Waals surface area contributed by atoms with Gasteiger partial charge in [-0.25, -0.2) is 9.97 Å². The molecule has 0 spiro atoms. The number of morpholine rings is 1. The first-order valence-electron chi connectivity index (χ1n) is 8.23. The highest BCUT2D eigenvalue weighted by Crippen LogP contribution is 2.21. The van der Waals surface area contributed by atoms with Gasteiger partial charge in [0, 0.05) is 38.0 Å². The van der Waals surface area contributed by atoms with E-state index in [4.69, 9.17) is 9.47 Å². The number of rotatable bonds is 4. The molecular formula is C16H24N4O3. The zero-order chi connectivity index (χ0) is 16.2. The Morgan fingerprint density at radius 3 is 2.83 bits per heavy atom. The molecule has 1 atom stereocenters. The van der Waals surface area contributed by atoms with Gasteiger partial charge in [-0.05, 0) is 0 Å². The van der Waals surface area contributed by atoms with Gasteiger partial charge in [-0.3, -0.25) is 4.79 Å². The SMILES string of the molecule is CC(C)C(=O)N1CCC(Oc2cc(N3CCOCC3)ncn2)C1. The number of hydrogen-bond donors (Lipinski definition) is 0. The number of carbonyl (C=O) groups is 1. The predicted molar refractivity (Wildman–Crippen MR) is 85.5 cm³/mol. The van der Waals surface area contributed by atoms with Gasteiger partial charge in [0.25, 0.3) is 0 Å². The van der Waals surface area contributed by atoms with Crippen molar-refractivity contribution < 1.29 is 14.3 Å². The lowest BCUT2D eigenvalue weighted by Gasteiger charge is -2.27. The molecule has 2 aliphatic heterocycles. The number of aromatic nitrogens is 2. The van der Waals surface area contributed by atoms with Crippen LogP contribution in [0.25, 0.3) is 0 Å². The lowest BCUT2D eigenvalue weighted by atomic mass is 10.2. The zero-order valence-corrected chi connectivity index (χ0v) is 13.8. The Morgan fingerprint density at radius 2 is 2.09 bits per heavy atom. The summed E-state index contributed by atoms with van der Waals surface area (Å²) in [6.45, 7) is 8.33. The third-order valence-electron chi connectivity index (χ3n) is 4.20. The standard InChI is InChI=1S/C16H24N4O3/c1-12(2)16(21)20-4-3-13(10-20)23-15-9-14(17-11-18-15)19-5-7-22-8-6-19/h9,11-13H,3-8,10H2,1-2H3. The molecule has 126 valence electrons. The molecule has 2 saturated heterocycles. The molecule has 3 rings (SSSR count). The maximum Gasteiger partial charge on any atom is 0.225 e. The smallest absolute Gasteiger partial charge is 0.225 e. The molecule has 7 nitrogen and oxygen atoms in total. The summed E-state index contributed by atoms with van der Waals surface area (Å²) in [5, 5.41) is 0. The molecule has 0 bridgehead atoms. The average molecular weight is 320 g/mol.